The molecule has 0 aliphatic carbocycles. The zero-order chi connectivity index (χ0) is 13.8. The number of nitrogens with one attached hydrogen (secondary N) is 1. The van der Waals surface area contributed by atoms with E-state index in [0.717, 1.165) is 17.1 Å². The van der Waals surface area contributed by atoms with Gasteiger partial charge < -0.3 is 14.5 Å². The van der Waals surface area contributed by atoms with Crippen LogP contribution in [0.1, 0.15) is 12.7 Å². The van der Waals surface area contributed by atoms with Crippen LogP contribution in [0.2, 0.25) is 0 Å². The molecule has 2 heterocycles. The highest BCUT2D eigenvalue weighted by atomic mass is 16.5. The molecule has 0 unspecified atom stereocenters. The van der Waals surface area contributed by atoms with E-state index in [1.165, 1.54) is 0 Å². The minimum atomic E-state index is 0.379. The highest BCUT2D eigenvalue weighted by molar-refractivity contribution is 5.71. The monoisotopic (exact) mass is 269 g/mol. The molecule has 0 spiro atoms. The molecular formula is C15H15N3O2. The van der Waals surface area contributed by atoms with Crippen molar-refractivity contribution in [2.24, 2.45) is 0 Å². The molecule has 0 saturated heterocycles. The number of pyridine rings is 1. The lowest BCUT2D eigenvalue weighted by Gasteiger charge is -2.02. The summed E-state index contributed by atoms with van der Waals surface area (Å²) in [7, 11) is 0. The van der Waals surface area contributed by atoms with Crippen LogP contribution in [0.15, 0.2) is 42.5 Å². The number of rotatable bonds is 5. The van der Waals surface area contributed by atoms with Gasteiger partial charge in [-0.25, -0.2) is 4.98 Å². The molecule has 0 aliphatic rings. The Hall–Kier alpha value is -2.56. The quantitative estimate of drug-likeness (QED) is 0.773. The van der Waals surface area contributed by atoms with Gasteiger partial charge in [0, 0.05) is 6.07 Å². The van der Waals surface area contributed by atoms with Gasteiger partial charge >= 0.3 is 0 Å². The second-order valence-electron chi connectivity index (χ2n) is 4.24. The molecule has 1 N–H and O–H groups in total. The average molecular weight is 269 g/mol. The third-order valence-electron chi connectivity index (χ3n) is 2.78. The molecule has 0 atom stereocenters. The lowest BCUT2D eigenvalue weighted by Crippen LogP contribution is -1.97. The Morgan fingerprint density at radius 2 is 1.85 bits per heavy atom. The van der Waals surface area contributed by atoms with Crippen molar-refractivity contribution in [3.8, 4) is 11.6 Å². The molecular weight excluding hydrogens is 254 g/mol. The molecule has 1 aromatic carbocycles. The minimum absolute atomic E-state index is 0.379. The molecule has 0 saturated carbocycles. The van der Waals surface area contributed by atoms with Crippen LogP contribution in [0.5, 0.6) is 11.6 Å². The van der Waals surface area contributed by atoms with Crippen LogP contribution in [0.4, 0.5) is 0 Å². The Kier molecular flexibility index (Phi) is 3.50. The normalized spacial score (nSPS) is 10.7. The molecule has 0 amide bonds. The Labute approximate surface area is 116 Å². The molecule has 5 heteroatoms. The number of para-hydroxylation sites is 1. The van der Waals surface area contributed by atoms with Crippen molar-refractivity contribution in [2.75, 3.05) is 6.61 Å². The maximum atomic E-state index is 5.65. The van der Waals surface area contributed by atoms with Gasteiger partial charge in [0.2, 0.25) is 5.88 Å². The maximum absolute atomic E-state index is 5.65. The fourth-order valence-electron chi connectivity index (χ4n) is 1.89. The van der Waals surface area contributed by atoms with Crippen molar-refractivity contribution in [1.29, 1.82) is 0 Å². The second-order valence-corrected chi connectivity index (χ2v) is 4.24. The smallest absolute Gasteiger partial charge is 0.215 e. The predicted octanol–water partition coefficient (Wildman–Crippen LogP) is 2.94. The van der Waals surface area contributed by atoms with E-state index in [9.17, 15) is 0 Å². The first-order valence-corrected chi connectivity index (χ1v) is 6.51. The summed E-state index contributed by atoms with van der Waals surface area (Å²) in [5, 5.41) is 0. The molecule has 0 bridgehead atoms. The summed E-state index contributed by atoms with van der Waals surface area (Å²) in [6.45, 7) is 2.90. The van der Waals surface area contributed by atoms with Crippen LogP contribution in [0.3, 0.4) is 0 Å². The molecule has 0 aliphatic heterocycles. The SMILES string of the molecule is CCOc1ccc2[nH]c(COc3ccccc3)nc2n1. The van der Waals surface area contributed by atoms with E-state index in [-0.39, 0.29) is 0 Å². The Morgan fingerprint density at radius 1 is 1.00 bits per heavy atom. The first kappa shape index (κ1) is 12.5. The fraction of sp³-hybridized carbons (Fsp3) is 0.200. The molecule has 0 fully saturated rings. The van der Waals surface area contributed by atoms with E-state index >= 15 is 0 Å². The largest absolute Gasteiger partial charge is 0.486 e. The topological polar surface area (TPSA) is 60.0 Å². The summed E-state index contributed by atoms with van der Waals surface area (Å²) >= 11 is 0. The molecule has 0 radical (unpaired) electrons. The summed E-state index contributed by atoms with van der Waals surface area (Å²) in [4.78, 5) is 11.9. The highest BCUT2D eigenvalue weighted by Crippen LogP contribution is 2.16. The van der Waals surface area contributed by atoms with Gasteiger partial charge in [0.15, 0.2) is 5.65 Å². The van der Waals surface area contributed by atoms with Gasteiger partial charge in [0.25, 0.3) is 0 Å². The van der Waals surface area contributed by atoms with E-state index < -0.39 is 0 Å². The number of hydrogen-bond acceptors (Lipinski definition) is 4. The lowest BCUT2D eigenvalue weighted by atomic mass is 10.3. The van der Waals surface area contributed by atoms with Crippen molar-refractivity contribution in [3.63, 3.8) is 0 Å². The van der Waals surface area contributed by atoms with Crippen molar-refractivity contribution < 1.29 is 9.47 Å². The number of H-pyrrole nitrogens is 1. The fourth-order valence-corrected chi connectivity index (χ4v) is 1.89. The van der Waals surface area contributed by atoms with E-state index in [2.05, 4.69) is 15.0 Å². The summed E-state index contributed by atoms with van der Waals surface area (Å²) in [5.74, 6) is 2.14. The van der Waals surface area contributed by atoms with Gasteiger partial charge in [0.05, 0.1) is 12.1 Å². The van der Waals surface area contributed by atoms with E-state index in [1.807, 2.05) is 49.4 Å². The van der Waals surface area contributed by atoms with Crippen LogP contribution in [-0.2, 0) is 6.61 Å². The zero-order valence-electron chi connectivity index (χ0n) is 11.2. The highest BCUT2D eigenvalue weighted by Gasteiger charge is 2.06. The van der Waals surface area contributed by atoms with Gasteiger partial charge in [-0.2, -0.15) is 4.98 Å². The number of aromatic amines is 1. The first-order valence-electron chi connectivity index (χ1n) is 6.51. The Morgan fingerprint density at radius 3 is 2.65 bits per heavy atom. The molecule has 20 heavy (non-hydrogen) atoms. The number of aromatic nitrogens is 3. The van der Waals surface area contributed by atoms with Crippen LogP contribution in [0.25, 0.3) is 11.2 Å². The summed E-state index contributed by atoms with van der Waals surface area (Å²) in [6, 6.07) is 13.4. The number of nitrogens with zero attached hydrogens (tertiary/aromatic N) is 2. The van der Waals surface area contributed by atoms with Crippen molar-refractivity contribution in [1.82, 2.24) is 15.0 Å². The Balaban J connectivity index is 1.75. The minimum Gasteiger partial charge on any atom is -0.486 e. The van der Waals surface area contributed by atoms with Crippen LogP contribution in [0, 0.1) is 0 Å². The number of ether oxygens (including phenoxy) is 2. The van der Waals surface area contributed by atoms with E-state index in [4.69, 9.17) is 9.47 Å². The maximum Gasteiger partial charge on any atom is 0.215 e. The van der Waals surface area contributed by atoms with Crippen molar-refractivity contribution in [2.45, 2.75) is 13.5 Å². The lowest BCUT2D eigenvalue weighted by molar-refractivity contribution is 0.297. The van der Waals surface area contributed by atoms with Gasteiger partial charge in [-0.3, -0.25) is 0 Å². The zero-order valence-corrected chi connectivity index (χ0v) is 11.2. The number of benzene rings is 1. The molecule has 3 rings (SSSR count). The first-order chi connectivity index (χ1) is 9.85. The van der Waals surface area contributed by atoms with Crippen molar-refractivity contribution in [3.05, 3.63) is 48.3 Å². The van der Waals surface area contributed by atoms with Gasteiger partial charge in [-0.15, -0.1) is 0 Å². The average Bonchev–Trinajstić information content (AvgIpc) is 2.89. The number of hydrogen-bond donors (Lipinski definition) is 1. The molecule has 102 valence electrons. The van der Waals surface area contributed by atoms with Crippen LogP contribution >= 0.6 is 0 Å². The van der Waals surface area contributed by atoms with Crippen LogP contribution < -0.4 is 9.47 Å². The van der Waals surface area contributed by atoms with Gasteiger partial charge in [-0.1, -0.05) is 18.2 Å². The van der Waals surface area contributed by atoms with E-state index in [1.54, 1.807) is 0 Å². The van der Waals surface area contributed by atoms with Gasteiger partial charge in [0.1, 0.15) is 18.2 Å². The molecule has 3 aromatic rings. The number of imidazole rings is 1. The summed E-state index contributed by atoms with van der Waals surface area (Å²) < 4.78 is 11.0. The second kappa shape index (κ2) is 5.61. The standard InChI is InChI=1S/C15H15N3O2/c1-2-19-14-9-8-12-15(18-14)17-13(16-12)10-20-11-6-4-3-5-7-11/h3-9H,2,10H2,1H3,(H,16,17,18). The Bertz CT molecular complexity index is 695. The molecule has 2 aromatic heterocycles. The summed E-state index contributed by atoms with van der Waals surface area (Å²) in [6.07, 6.45) is 0. The predicted molar refractivity (Wildman–Crippen MR) is 75.8 cm³/mol. The number of fused-ring (bicyclic) bond motifs is 1. The van der Waals surface area contributed by atoms with Crippen LogP contribution in [-0.4, -0.2) is 21.6 Å². The summed E-state index contributed by atoms with van der Waals surface area (Å²) in [5.41, 5.74) is 1.52. The molecule has 5 nitrogen and oxygen atoms in total. The third-order valence-corrected chi connectivity index (χ3v) is 2.78. The van der Waals surface area contributed by atoms with Gasteiger partial charge in [-0.05, 0) is 25.1 Å². The third kappa shape index (κ3) is 2.71. The van der Waals surface area contributed by atoms with E-state index in [0.29, 0.717) is 24.7 Å². The van der Waals surface area contributed by atoms with Crippen molar-refractivity contribution >= 4 is 11.2 Å².